The summed E-state index contributed by atoms with van der Waals surface area (Å²) < 4.78 is 27.3. The summed E-state index contributed by atoms with van der Waals surface area (Å²) in [6.07, 6.45) is 0. The lowest BCUT2D eigenvalue weighted by Crippen LogP contribution is -2.13. The summed E-state index contributed by atoms with van der Waals surface area (Å²) in [4.78, 5) is 7.88. The van der Waals surface area contributed by atoms with Crippen molar-refractivity contribution < 1.29 is 8.78 Å². The average molecular weight is 315 g/mol. The van der Waals surface area contributed by atoms with Crippen LogP contribution >= 0.6 is 15.9 Å². The van der Waals surface area contributed by atoms with Crippen molar-refractivity contribution in [1.82, 2.24) is 9.97 Å². The van der Waals surface area contributed by atoms with E-state index in [0.717, 1.165) is 0 Å². The van der Waals surface area contributed by atoms with Crippen LogP contribution in [0.15, 0.2) is 22.7 Å². The summed E-state index contributed by atoms with van der Waals surface area (Å²) in [7, 11) is 0. The minimum Gasteiger partial charge on any atom is -0.306 e. The molecular weight excluding hydrogens is 306 g/mol. The van der Waals surface area contributed by atoms with Gasteiger partial charge in [0.15, 0.2) is 17.5 Å². The molecule has 2 rings (SSSR count). The highest BCUT2D eigenvalue weighted by atomic mass is 79.9. The Hall–Kier alpha value is -1.60. The topological polar surface area (TPSA) is 63.8 Å². The Kier molecular flexibility index (Phi) is 3.53. The molecule has 2 aromatic rings. The maximum atomic E-state index is 13.5. The number of nitrogens with two attached hydrogens (primary N) is 1. The summed E-state index contributed by atoms with van der Waals surface area (Å²) in [5.74, 6) is 4.17. The molecular formula is C11H9BrF2N4. The second-order valence-corrected chi connectivity index (χ2v) is 4.42. The number of rotatable bonds is 2. The fourth-order valence-electron chi connectivity index (χ4n) is 1.44. The number of hydrogen-bond donors (Lipinski definition) is 2. The average Bonchev–Trinajstić information content (AvgIpc) is 2.35. The zero-order valence-electron chi connectivity index (χ0n) is 9.34. The van der Waals surface area contributed by atoms with Crippen molar-refractivity contribution in [2.45, 2.75) is 6.92 Å². The first-order valence-electron chi connectivity index (χ1n) is 4.99. The van der Waals surface area contributed by atoms with Gasteiger partial charge in [0.1, 0.15) is 5.82 Å². The molecule has 0 amide bonds. The van der Waals surface area contributed by atoms with Gasteiger partial charge in [0, 0.05) is 10.0 Å². The van der Waals surface area contributed by atoms with Crippen LogP contribution in [0, 0.1) is 18.6 Å². The van der Waals surface area contributed by atoms with Crippen LogP contribution in [0.3, 0.4) is 0 Å². The lowest BCUT2D eigenvalue weighted by Gasteiger charge is -2.08. The molecule has 0 bridgehead atoms. The number of nitrogens with zero attached hydrogens (tertiary/aromatic N) is 2. The van der Waals surface area contributed by atoms with Crippen LogP contribution in [-0.2, 0) is 0 Å². The quantitative estimate of drug-likeness (QED) is 0.661. The predicted octanol–water partition coefficient (Wildman–Crippen LogP) is 2.78. The van der Waals surface area contributed by atoms with Gasteiger partial charge in [-0.25, -0.2) is 24.6 Å². The van der Waals surface area contributed by atoms with Crippen molar-refractivity contribution >= 4 is 21.7 Å². The van der Waals surface area contributed by atoms with Gasteiger partial charge in [0.05, 0.1) is 5.69 Å². The van der Waals surface area contributed by atoms with Crippen LogP contribution in [0.1, 0.15) is 5.69 Å². The van der Waals surface area contributed by atoms with E-state index in [4.69, 9.17) is 5.84 Å². The Morgan fingerprint density at radius 3 is 2.67 bits per heavy atom. The zero-order valence-corrected chi connectivity index (χ0v) is 10.9. The van der Waals surface area contributed by atoms with Gasteiger partial charge in [-0.3, -0.25) is 0 Å². The van der Waals surface area contributed by atoms with E-state index < -0.39 is 11.6 Å². The fourth-order valence-corrected chi connectivity index (χ4v) is 1.87. The van der Waals surface area contributed by atoms with Gasteiger partial charge in [-0.15, -0.1) is 0 Å². The SMILES string of the molecule is Cc1nc(-c2cc(F)ccc2Br)nc(NN)c1F. The highest BCUT2D eigenvalue weighted by molar-refractivity contribution is 9.10. The number of anilines is 1. The first-order valence-corrected chi connectivity index (χ1v) is 5.78. The molecule has 7 heteroatoms. The number of nitrogen functional groups attached to an aromatic ring is 1. The van der Waals surface area contributed by atoms with Crippen LogP contribution in [0.4, 0.5) is 14.6 Å². The monoisotopic (exact) mass is 314 g/mol. The first-order chi connectivity index (χ1) is 8.52. The molecule has 0 saturated heterocycles. The molecule has 0 fully saturated rings. The molecule has 0 atom stereocenters. The van der Waals surface area contributed by atoms with Crippen molar-refractivity contribution in [3.63, 3.8) is 0 Å². The van der Waals surface area contributed by atoms with Gasteiger partial charge < -0.3 is 5.43 Å². The lowest BCUT2D eigenvalue weighted by atomic mass is 10.2. The molecule has 1 aromatic carbocycles. The fraction of sp³-hybridized carbons (Fsp3) is 0.0909. The third-order valence-electron chi connectivity index (χ3n) is 2.32. The standard InChI is InChI=1S/C11H9BrF2N4/c1-5-9(14)11(18-15)17-10(16-5)7-4-6(13)2-3-8(7)12/h2-4H,15H2,1H3,(H,16,17,18). The van der Waals surface area contributed by atoms with Gasteiger partial charge in [0.25, 0.3) is 0 Å². The normalized spacial score (nSPS) is 10.5. The number of aromatic nitrogens is 2. The third-order valence-corrected chi connectivity index (χ3v) is 3.01. The lowest BCUT2D eigenvalue weighted by molar-refractivity contribution is 0.606. The molecule has 0 aliphatic rings. The Morgan fingerprint density at radius 1 is 1.28 bits per heavy atom. The van der Waals surface area contributed by atoms with E-state index in [9.17, 15) is 8.78 Å². The van der Waals surface area contributed by atoms with Crippen molar-refractivity contribution in [2.75, 3.05) is 5.43 Å². The molecule has 94 valence electrons. The number of hydrogen-bond acceptors (Lipinski definition) is 4. The van der Waals surface area contributed by atoms with Crippen LogP contribution < -0.4 is 11.3 Å². The second-order valence-electron chi connectivity index (χ2n) is 3.56. The third kappa shape index (κ3) is 2.32. The van der Waals surface area contributed by atoms with Crippen molar-refractivity contribution in [1.29, 1.82) is 0 Å². The Bertz CT molecular complexity index is 604. The van der Waals surface area contributed by atoms with E-state index in [-0.39, 0.29) is 17.3 Å². The molecule has 1 heterocycles. The minimum absolute atomic E-state index is 0.129. The Balaban J connectivity index is 2.64. The van der Waals surface area contributed by atoms with E-state index in [1.807, 2.05) is 0 Å². The number of hydrazine groups is 1. The minimum atomic E-state index is -0.631. The molecule has 18 heavy (non-hydrogen) atoms. The summed E-state index contributed by atoms with van der Waals surface area (Å²) in [5.41, 5.74) is 2.70. The molecule has 0 aliphatic carbocycles. The van der Waals surface area contributed by atoms with E-state index in [1.165, 1.54) is 25.1 Å². The summed E-state index contributed by atoms with van der Waals surface area (Å²) in [5, 5.41) is 0. The van der Waals surface area contributed by atoms with Crippen molar-refractivity contribution in [2.24, 2.45) is 5.84 Å². The molecule has 0 spiro atoms. The van der Waals surface area contributed by atoms with Crippen LogP contribution in [0.2, 0.25) is 0 Å². The van der Waals surface area contributed by atoms with Crippen molar-refractivity contribution in [3.8, 4) is 11.4 Å². The zero-order chi connectivity index (χ0) is 13.3. The largest absolute Gasteiger partial charge is 0.306 e. The molecule has 4 nitrogen and oxygen atoms in total. The van der Waals surface area contributed by atoms with Crippen LogP contribution in [0.5, 0.6) is 0 Å². The smallest absolute Gasteiger partial charge is 0.187 e. The summed E-state index contributed by atoms with van der Waals surface area (Å²) in [6, 6.07) is 4.09. The maximum absolute atomic E-state index is 13.5. The van der Waals surface area contributed by atoms with Gasteiger partial charge in [-0.2, -0.15) is 0 Å². The molecule has 3 N–H and O–H groups in total. The van der Waals surface area contributed by atoms with Crippen LogP contribution in [0.25, 0.3) is 11.4 Å². The van der Waals surface area contributed by atoms with E-state index >= 15 is 0 Å². The van der Waals surface area contributed by atoms with Crippen molar-refractivity contribution in [3.05, 3.63) is 40.0 Å². The molecule has 0 unspecified atom stereocenters. The highest BCUT2D eigenvalue weighted by Gasteiger charge is 2.14. The van der Waals surface area contributed by atoms with Gasteiger partial charge in [-0.05, 0) is 25.1 Å². The number of aryl methyl sites for hydroxylation is 1. The number of nitrogens with one attached hydrogen (secondary N) is 1. The number of benzene rings is 1. The Labute approximate surface area is 110 Å². The second kappa shape index (κ2) is 4.95. The van der Waals surface area contributed by atoms with E-state index in [1.54, 1.807) is 0 Å². The number of halogens is 3. The van der Waals surface area contributed by atoms with Gasteiger partial charge in [-0.1, -0.05) is 15.9 Å². The molecule has 0 saturated carbocycles. The summed E-state index contributed by atoms with van der Waals surface area (Å²) in [6.45, 7) is 1.48. The predicted molar refractivity (Wildman–Crippen MR) is 67.6 cm³/mol. The summed E-state index contributed by atoms with van der Waals surface area (Å²) >= 11 is 3.26. The highest BCUT2D eigenvalue weighted by Crippen LogP contribution is 2.28. The first kappa shape index (κ1) is 12.8. The van der Waals surface area contributed by atoms with E-state index in [2.05, 4.69) is 31.3 Å². The molecule has 1 aromatic heterocycles. The van der Waals surface area contributed by atoms with Crippen LogP contribution in [-0.4, -0.2) is 9.97 Å². The molecule has 0 radical (unpaired) electrons. The van der Waals surface area contributed by atoms with Gasteiger partial charge in [0.2, 0.25) is 0 Å². The molecule has 0 aliphatic heterocycles. The van der Waals surface area contributed by atoms with Gasteiger partial charge >= 0.3 is 0 Å². The van der Waals surface area contributed by atoms with E-state index in [0.29, 0.717) is 10.0 Å². The maximum Gasteiger partial charge on any atom is 0.187 e. The Morgan fingerprint density at radius 2 is 2.00 bits per heavy atom.